The number of Topliss-reactive ketones (excluding diaryl/α,β-unsaturated/α-hetero) is 1. The number of esters is 1. The Morgan fingerprint density at radius 2 is 1.96 bits per heavy atom. The normalized spacial score (nSPS) is 10.2. The van der Waals surface area contributed by atoms with E-state index in [1.165, 1.54) is 11.3 Å². The molecule has 1 heterocycles. The van der Waals surface area contributed by atoms with Gasteiger partial charge < -0.3 is 10.1 Å². The van der Waals surface area contributed by atoms with E-state index < -0.39 is 48.0 Å². The van der Waals surface area contributed by atoms with Gasteiger partial charge in [0.1, 0.15) is 18.2 Å². The highest BCUT2D eigenvalue weighted by Gasteiger charge is 2.16. The summed E-state index contributed by atoms with van der Waals surface area (Å²) in [4.78, 5) is 35.1. The lowest BCUT2D eigenvalue weighted by Crippen LogP contribution is -2.31. The smallest absolute Gasteiger partial charge is 0.325 e. The van der Waals surface area contributed by atoms with Gasteiger partial charge in [-0.3, -0.25) is 14.4 Å². The first-order chi connectivity index (χ1) is 11.0. The summed E-state index contributed by atoms with van der Waals surface area (Å²) in [6.07, 6.45) is 0. The van der Waals surface area contributed by atoms with E-state index in [0.717, 1.165) is 18.2 Å². The van der Waals surface area contributed by atoms with Crippen molar-refractivity contribution < 1.29 is 27.9 Å². The minimum Gasteiger partial charge on any atom is -0.456 e. The zero-order valence-corrected chi connectivity index (χ0v) is 12.5. The number of benzene rings is 1. The standard InChI is InChI=1S/C15H11F2NO4S/c16-9-3-4-11(17)10(6-9)12(19)8-22-14(20)7-18-15(21)13-2-1-5-23-13/h1-6H,7-8H2,(H,18,21). The Bertz CT molecular complexity index is 731. The van der Waals surface area contributed by atoms with Gasteiger partial charge in [0.2, 0.25) is 5.78 Å². The van der Waals surface area contributed by atoms with E-state index >= 15 is 0 Å². The Labute approximate surface area is 133 Å². The average molecular weight is 339 g/mol. The van der Waals surface area contributed by atoms with Gasteiger partial charge in [-0.15, -0.1) is 11.3 Å². The molecule has 0 atom stereocenters. The molecule has 2 aromatic rings. The number of carbonyl (C=O) groups is 3. The van der Waals surface area contributed by atoms with E-state index in [1.807, 2.05) is 0 Å². The van der Waals surface area contributed by atoms with Gasteiger partial charge in [-0.05, 0) is 29.6 Å². The molecule has 23 heavy (non-hydrogen) atoms. The van der Waals surface area contributed by atoms with Crippen molar-refractivity contribution in [3.63, 3.8) is 0 Å². The Morgan fingerprint density at radius 1 is 1.17 bits per heavy atom. The summed E-state index contributed by atoms with van der Waals surface area (Å²) in [5, 5.41) is 4.03. The molecule has 0 saturated carbocycles. The van der Waals surface area contributed by atoms with E-state index in [1.54, 1.807) is 17.5 Å². The molecule has 0 radical (unpaired) electrons. The minimum absolute atomic E-state index is 0.427. The fourth-order valence-electron chi connectivity index (χ4n) is 1.63. The van der Waals surface area contributed by atoms with Crippen LogP contribution in [0.4, 0.5) is 8.78 Å². The zero-order valence-electron chi connectivity index (χ0n) is 11.7. The predicted molar refractivity (Wildman–Crippen MR) is 78.3 cm³/mol. The molecule has 120 valence electrons. The van der Waals surface area contributed by atoms with Crippen molar-refractivity contribution >= 4 is 29.0 Å². The Hall–Kier alpha value is -2.61. The summed E-state index contributed by atoms with van der Waals surface area (Å²) in [7, 11) is 0. The summed E-state index contributed by atoms with van der Waals surface area (Å²) < 4.78 is 31.0. The maximum Gasteiger partial charge on any atom is 0.325 e. The second kappa shape index (κ2) is 7.59. The van der Waals surface area contributed by atoms with Gasteiger partial charge >= 0.3 is 5.97 Å². The number of halogens is 2. The quantitative estimate of drug-likeness (QED) is 0.647. The molecule has 0 aliphatic rings. The van der Waals surface area contributed by atoms with Crippen LogP contribution in [0, 0.1) is 11.6 Å². The van der Waals surface area contributed by atoms with Crippen molar-refractivity contribution in [3.05, 3.63) is 57.8 Å². The summed E-state index contributed by atoms with van der Waals surface area (Å²) in [5.74, 6) is -3.86. The van der Waals surface area contributed by atoms with E-state index in [-0.39, 0.29) is 0 Å². The second-order valence-electron chi connectivity index (χ2n) is 4.37. The van der Waals surface area contributed by atoms with Gasteiger partial charge in [-0.1, -0.05) is 6.07 Å². The lowest BCUT2D eigenvalue weighted by molar-refractivity contribution is -0.141. The van der Waals surface area contributed by atoms with Crippen molar-refractivity contribution in [2.45, 2.75) is 0 Å². The molecule has 0 saturated heterocycles. The van der Waals surface area contributed by atoms with Crippen LogP contribution in [-0.4, -0.2) is 30.8 Å². The molecular weight excluding hydrogens is 328 g/mol. The van der Waals surface area contributed by atoms with Crippen LogP contribution < -0.4 is 5.32 Å². The van der Waals surface area contributed by atoms with Crippen LogP contribution in [0.1, 0.15) is 20.0 Å². The molecule has 0 unspecified atom stereocenters. The van der Waals surface area contributed by atoms with Crippen molar-refractivity contribution in [1.82, 2.24) is 5.32 Å². The molecule has 1 amide bonds. The first-order valence-electron chi connectivity index (χ1n) is 6.43. The molecule has 1 aromatic heterocycles. The number of thiophene rings is 1. The molecule has 0 spiro atoms. The third-order valence-electron chi connectivity index (χ3n) is 2.73. The summed E-state index contributed by atoms with van der Waals surface area (Å²) in [6, 6.07) is 5.68. The van der Waals surface area contributed by atoms with E-state index in [2.05, 4.69) is 10.1 Å². The Kier molecular flexibility index (Phi) is 5.53. The van der Waals surface area contributed by atoms with Crippen LogP contribution in [0.5, 0.6) is 0 Å². The number of amides is 1. The van der Waals surface area contributed by atoms with Crippen LogP contribution in [-0.2, 0) is 9.53 Å². The van der Waals surface area contributed by atoms with Crippen molar-refractivity contribution in [3.8, 4) is 0 Å². The molecule has 1 N–H and O–H groups in total. The highest BCUT2D eigenvalue weighted by Crippen LogP contribution is 2.10. The fraction of sp³-hybridized carbons (Fsp3) is 0.133. The topological polar surface area (TPSA) is 72.5 Å². The molecule has 8 heteroatoms. The number of hydrogen-bond donors (Lipinski definition) is 1. The van der Waals surface area contributed by atoms with E-state index in [9.17, 15) is 23.2 Å². The third-order valence-corrected chi connectivity index (χ3v) is 3.60. The van der Waals surface area contributed by atoms with Crippen LogP contribution in [0.25, 0.3) is 0 Å². The van der Waals surface area contributed by atoms with Gasteiger partial charge in [-0.25, -0.2) is 8.78 Å². The van der Waals surface area contributed by atoms with Gasteiger partial charge in [0.15, 0.2) is 6.61 Å². The lowest BCUT2D eigenvalue weighted by atomic mass is 10.1. The van der Waals surface area contributed by atoms with Crippen molar-refractivity contribution in [2.24, 2.45) is 0 Å². The van der Waals surface area contributed by atoms with Gasteiger partial charge in [0, 0.05) is 0 Å². The van der Waals surface area contributed by atoms with Crippen LogP contribution in [0.15, 0.2) is 35.7 Å². The van der Waals surface area contributed by atoms with Crippen molar-refractivity contribution in [1.29, 1.82) is 0 Å². The monoisotopic (exact) mass is 339 g/mol. The van der Waals surface area contributed by atoms with Gasteiger partial charge in [0.05, 0.1) is 10.4 Å². The molecule has 1 aromatic carbocycles. The number of nitrogens with one attached hydrogen (secondary N) is 1. The number of rotatable bonds is 6. The second-order valence-corrected chi connectivity index (χ2v) is 5.32. The summed E-state index contributed by atoms with van der Waals surface area (Å²) in [5.41, 5.74) is -0.500. The number of carbonyl (C=O) groups excluding carboxylic acids is 3. The van der Waals surface area contributed by atoms with E-state index in [4.69, 9.17) is 0 Å². The highest BCUT2D eigenvalue weighted by molar-refractivity contribution is 7.12. The molecule has 0 fully saturated rings. The lowest BCUT2D eigenvalue weighted by Gasteiger charge is -2.06. The zero-order chi connectivity index (χ0) is 16.8. The van der Waals surface area contributed by atoms with Crippen LogP contribution in [0.2, 0.25) is 0 Å². The van der Waals surface area contributed by atoms with Crippen LogP contribution in [0.3, 0.4) is 0 Å². The fourth-order valence-corrected chi connectivity index (χ4v) is 2.27. The molecule has 2 rings (SSSR count). The largest absolute Gasteiger partial charge is 0.456 e. The highest BCUT2D eigenvalue weighted by atomic mass is 32.1. The Balaban J connectivity index is 1.81. The molecular formula is C15H11F2NO4S. The molecule has 5 nitrogen and oxygen atoms in total. The van der Waals surface area contributed by atoms with Crippen LogP contribution >= 0.6 is 11.3 Å². The number of hydrogen-bond acceptors (Lipinski definition) is 5. The predicted octanol–water partition coefficient (Wildman–Crippen LogP) is 2.18. The Morgan fingerprint density at radius 3 is 2.65 bits per heavy atom. The molecule has 0 aliphatic heterocycles. The first-order valence-corrected chi connectivity index (χ1v) is 7.31. The third kappa shape index (κ3) is 4.68. The maximum atomic E-state index is 13.4. The van der Waals surface area contributed by atoms with Gasteiger partial charge in [0.25, 0.3) is 5.91 Å². The molecule has 0 aliphatic carbocycles. The average Bonchev–Trinajstić information content (AvgIpc) is 3.07. The summed E-state index contributed by atoms with van der Waals surface area (Å²) in [6.45, 7) is -1.18. The number of ketones is 1. The SMILES string of the molecule is O=C(CNC(=O)c1cccs1)OCC(=O)c1cc(F)ccc1F. The van der Waals surface area contributed by atoms with Gasteiger partial charge in [-0.2, -0.15) is 0 Å². The maximum absolute atomic E-state index is 13.4. The first kappa shape index (κ1) is 16.8. The van der Waals surface area contributed by atoms with Crippen molar-refractivity contribution in [2.75, 3.05) is 13.2 Å². The number of ether oxygens (including phenoxy) is 1. The summed E-state index contributed by atoms with van der Waals surface area (Å²) >= 11 is 1.21. The molecule has 0 bridgehead atoms. The van der Waals surface area contributed by atoms with E-state index in [0.29, 0.717) is 4.88 Å². The minimum atomic E-state index is -0.904.